The number of nitrogens with zero attached hydrogens (tertiary/aromatic N) is 1. The Morgan fingerprint density at radius 3 is 2.71 bits per heavy atom. The number of hydrogen-bond acceptors (Lipinski definition) is 6. The second-order valence-corrected chi connectivity index (χ2v) is 6.67. The van der Waals surface area contributed by atoms with Crippen LogP contribution in [0.15, 0.2) is 10.3 Å². The van der Waals surface area contributed by atoms with Crippen molar-refractivity contribution >= 4 is 38.6 Å². The van der Waals surface area contributed by atoms with Gasteiger partial charge in [0.2, 0.25) is 10.0 Å². The molecule has 3 N–H and O–H groups in total. The summed E-state index contributed by atoms with van der Waals surface area (Å²) in [5, 5.41) is 10.5. The highest BCUT2D eigenvalue weighted by atomic mass is 35.5. The van der Waals surface area contributed by atoms with Gasteiger partial charge in [0.1, 0.15) is 4.21 Å². The molecule has 1 aromatic heterocycles. The van der Waals surface area contributed by atoms with E-state index in [9.17, 15) is 18.5 Å². The van der Waals surface area contributed by atoms with Crippen LogP contribution in [0.3, 0.4) is 0 Å². The van der Waals surface area contributed by atoms with Crippen LogP contribution in [0.25, 0.3) is 0 Å². The number of rotatable bonds is 6. The molecule has 0 aromatic carbocycles. The summed E-state index contributed by atoms with van der Waals surface area (Å²) in [6.45, 7) is 0.538. The van der Waals surface area contributed by atoms with E-state index in [4.69, 9.17) is 17.3 Å². The van der Waals surface area contributed by atoms with Gasteiger partial charge in [0, 0.05) is 12.6 Å². The van der Waals surface area contributed by atoms with E-state index < -0.39 is 20.6 Å². The molecule has 0 fully saturated rings. The summed E-state index contributed by atoms with van der Waals surface area (Å²) in [6, 6.07) is 0.942. The number of nitrogens with one attached hydrogen (secondary N) is 1. The Morgan fingerprint density at radius 2 is 2.24 bits per heavy atom. The van der Waals surface area contributed by atoms with E-state index in [0.29, 0.717) is 24.3 Å². The van der Waals surface area contributed by atoms with E-state index in [0.717, 1.165) is 6.07 Å². The number of nitro groups is 1. The van der Waals surface area contributed by atoms with E-state index >= 15 is 0 Å². The van der Waals surface area contributed by atoms with E-state index in [2.05, 4.69) is 4.72 Å². The highest BCUT2D eigenvalue weighted by molar-refractivity contribution is 7.91. The Morgan fingerprint density at radius 1 is 1.59 bits per heavy atom. The van der Waals surface area contributed by atoms with Crippen LogP contribution in [0.4, 0.5) is 5.69 Å². The van der Waals surface area contributed by atoms with Crippen molar-refractivity contribution in [3.63, 3.8) is 0 Å². The SMILES string of the molecule is NCCCNS(=O)(=O)c1cc([N+](=O)[O-])c(Cl)s1. The normalized spacial score (nSPS) is 11.6. The summed E-state index contributed by atoms with van der Waals surface area (Å²) in [6.07, 6.45) is 0.487. The fourth-order valence-corrected chi connectivity index (χ4v) is 3.76. The van der Waals surface area contributed by atoms with Crippen molar-refractivity contribution in [2.75, 3.05) is 13.1 Å². The van der Waals surface area contributed by atoms with Gasteiger partial charge in [-0.2, -0.15) is 0 Å². The number of sulfonamides is 1. The van der Waals surface area contributed by atoms with Crippen molar-refractivity contribution in [2.45, 2.75) is 10.6 Å². The van der Waals surface area contributed by atoms with Crippen LogP contribution in [0.5, 0.6) is 0 Å². The van der Waals surface area contributed by atoms with Crippen molar-refractivity contribution in [3.05, 3.63) is 20.5 Å². The first-order chi connectivity index (χ1) is 7.88. The molecule has 0 unspecified atom stereocenters. The molecule has 96 valence electrons. The largest absolute Gasteiger partial charge is 0.330 e. The molecule has 0 aliphatic rings. The summed E-state index contributed by atoms with van der Waals surface area (Å²) < 4.78 is 25.3. The highest BCUT2D eigenvalue weighted by Crippen LogP contribution is 2.35. The third kappa shape index (κ3) is 3.61. The number of hydrogen-bond donors (Lipinski definition) is 2. The second kappa shape index (κ2) is 5.74. The molecular formula is C7H10ClN3O4S2. The molecule has 0 amide bonds. The van der Waals surface area contributed by atoms with Gasteiger partial charge in [0.05, 0.1) is 4.92 Å². The standard InChI is InChI=1S/C7H10ClN3O4S2/c8-7-5(11(12)13)4-6(16-7)17(14,15)10-3-1-2-9/h4,10H,1-3,9H2. The van der Waals surface area contributed by atoms with Crippen molar-refractivity contribution in [2.24, 2.45) is 5.73 Å². The first kappa shape index (κ1) is 14.3. The topological polar surface area (TPSA) is 115 Å². The molecule has 17 heavy (non-hydrogen) atoms. The Balaban J connectivity index is 2.92. The number of halogens is 1. The maximum Gasteiger partial charge on any atom is 0.300 e. The summed E-state index contributed by atoms with van der Waals surface area (Å²) in [5.41, 5.74) is 4.82. The minimum absolute atomic E-state index is 0.158. The predicted octanol–water partition coefficient (Wildman–Crippen LogP) is 0.937. The van der Waals surface area contributed by atoms with Gasteiger partial charge in [-0.05, 0) is 13.0 Å². The van der Waals surface area contributed by atoms with Crippen LogP contribution >= 0.6 is 22.9 Å². The first-order valence-corrected chi connectivity index (χ1v) is 7.19. The smallest absolute Gasteiger partial charge is 0.300 e. The molecule has 0 spiro atoms. The summed E-state index contributed by atoms with van der Waals surface area (Å²) in [7, 11) is -3.74. The van der Waals surface area contributed by atoms with E-state index in [1.165, 1.54) is 0 Å². The highest BCUT2D eigenvalue weighted by Gasteiger charge is 2.24. The molecule has 7 nitrogen and oxygen atoms in total. The molecule has 0 saturated heterocycles. The van der Waals surface area contributed by atoms with Crippen molar-refractivity contribution < 1.29 is 13.3 Å². The zero-order valence-corrected chi connectivity index (χ0v) is 10.9. The van der Waals surface area contributed by atoms with Crippen molar-refractivity contribution in [3.8, 4) is 0 Å². The Labute approximate surface area is 107 Å². The van der Waals surface area contributed by atoms with Gasteiger partial charge in [-0.3, -0.25) is 10.1 Å². The minimum atomic E-state index is -3.74. The van der Waals surface area contributed by atoms with E-state index in [1.807, 2.05) is 0 Å². The lowest BCUT2D eigenvalue weighted by atomic mass is 10.4. The van der Waals surface area contributed by atoms with Crippen molar-refractivity contribution in [1.82, 2.24) is 4.72 Å². The summed E-state index contributed by atoms with van der Waals surface area (Å²) >= 11 is 6.22. The van der Waals surface area contributed by atoms with Gasteiger partial charge in [-0.15, -0.1) is 11.3 Å². The zero-order chi connectivity index (χ0) is 13.1. The fraction of sp³-hybridized carbons (Fsp3) is 0.429. The summed E-state index contributed by atoms with van der Waals surface area (Å²) in [5.74, 6) is 0. The van der Waals surface area contributed by atoms with Gasteiger partial charge in [0.15, 0.2) is 4.34 Å². The Kier molecular flexibility index (Phi) is 4.83. The molecule has 0 aliphatic heterocycles. The lowest BCUT2D eigenvalue weighted by Gasteiger charge is -2.02. The van der Waals surface area contributed by atoms with Crippen LogP contribution in [0.1, 0.15) is 6.42 Å². The molecule has 0 aliphatic carbocycles. The minimum Gasteiger partial charge on any atom is -0.330 e. The zero-order valence-electron chi connectivity index (χ0n) is 8.55. The molecule has 1 aromatic rings. The second-order valence-electron chi connectivity index (χ2n) is 3.02. The average molecular weight is 300 g/mol. The third-order valence-corrected chi connectivity index (χ3v) is 5.05. The van der Waals surface area contributed by atoms with Crippen LogP contribution in [0.2, 0.25) is 4.34 Å². The average Bonchev–Trinajstić information content (AvgIpc) is 2.61. The summed E-state index contributed by atoms with van der Waals surface area (Å²) in [4.78, 5) is 9.79. The third-order valence-electron chi connectivity index (χ3n) is 1.78. The van der Waals surface area contributed by atoms with Gasteiger partial charge in [-0.25, -0.2) is 13.1 Å². The van der Waals surface area contributed by atoms with Crippen LogP contribution in [0, 0.1) is 10.1 Å². The van der Waals surface area contributed by atoms with Crippen molar-refractivity contribution in [1.29, 1.82) is 0 Å². The van der Waals surface area contributed by atoms with Gasteiger partial charge in [-0.1, -0.05) is 11.6 Å². The molecule has 0 bridgehead atoms. The Hall–Kier alpha value is -0.740. The molecule has 0 saturated carbocycles. The van der Waals surface area contributed by atoms with Gasteiger partial charge < -0.3 is 5.73 Å². The maximum absolute atomic E-state index is 11.7. The van der Waals surface area contributed by atoms with Crippen LogP contribution in [-0.4, -0.2) is 26.4 Å². The molecule has 1 rings (SSSR count). The number of thiophene rings is 1. The molecule has 0 atom stereocenters. The predicted molar refractivity (Wildman–Crippen MR) is 64.8 cm³/mol. The van der Waals surface area contributed by atoms with Crippen LogP contribution in [-0.2, 0) is 10.0 Å². The molecule has 0 radical (unpaired) electrons. The van der Waals surface area contributed by atoms with E-state index in [-0.39, 0.29) is 15.1 Å². The van der Waals surface area contributed by atoms with Gasteiger partial charge >= 0.3 is 0 Å². The van der Waals surface area contributed by atoms with Crippen LogP contribution < -0.4 is 10.5 Å². The maximum atomic E-state index is 11.7. The lowest BCUT2D eigenvalue weighted by Crippen LogP contribution is -2.25. The molecule has 1 heterocycles. The Bertz CT molecular complexity index is 513. The fourth-order valence-electron chi connectivity index (χ4n) is 0.975. The number of nitrogens with two attached hydrogens (primary N) is 1. The van der Waals surface area contributed by atoms with Gasteiger partial charge in [0.25, 0.3) is 5.69 Å². The molecule has 10 heteroatoms. The lowest BCUT2D eigenvalue weighted by molar-refractivity contribution is -0.384. The molecular weight excluding hydrogens is 290 g/mol. The quantitative estimate of drug-likeness (QED) is 0.461. The first-order valence-electron chi connectivity index (χ1n) is 4.52. The monoisotopic (exact) mass is 299 g/mol. The van der Waals surface area contributed by atoms with E-state index in [1.54, 1.807) is 0 Å².